The van der Waals surface area contributed by atoms with E-state index >= 15 is 0 Å². The van der Waals surface area contributed by atoms with Gasteiger partial charge in [-0.25, -0.2) is 13.4 Å². The van der Waals surface area contributed by atoms with Crippen molar-refractivity contribution in [2.24, 2.45) is 5.92 Å². The molecule has 1 N–H and O–H groups in total. The Bertz CT molecular complexity index is 1300. The number of carbonyl (C=O) groups is 1. The minimum atomic E-state index is -4.94. The third-order valence-electron chi connectivity index (χ3n) is 6.74. The van der Waals surface area contributed by atoms with E-state index in [1.165, 1.54) is 38.6 Å². The molecule has 0 aliphatic heterocycles. The Morgan fingerprint density at radius 1 is 1.17 bits per heavy atom. The number of amides is 1. The number of pyridine rings is 1. The van der Waals surface area contributed by atoms with Gasteiger partial charge in [-0.15, -0.1) is 0 Å². The van der Waals surface area contributed by atoms with Gasteiger partial charge in [-0.3, -0.25) is 4.79 Å². The zero-order chi connectivity index (χ0) is 26.3. The maximum absolute atomic E-state index is 14.0. The molecule has 2 aliphatic rings. The summed E-state index contributed by atoms with van der Waals surface area (Å²) in [5.74, 6) is -1.15. The van der Waals surface area contributed by atoms with Crippen LogP contribution in [0.15, 0.2) is 41.4 Å². The predicted octanol–water partition coefficient (Wildman–Crippen LogP) is 3.52. The number of nitriles is 1. The minimum Gasteiger partial charge on any atom is -0.481 e. The molecule has 1 amide bonds. The summed E-state index contributed by atoms with van der Waals surface area (Å²) in [5, 5.41) is 10.6. The summed E-state index contributed by atoms with van der Waals surface area (Å²) in [4.78, 5) is 15.9. The van der Waals surface area contributed by atoms with Gasteiger partial charge in [-0.05, 0) is 49.4 Å². The molecule has 36 heavy (non-hydrogen) atoms. The van der Waals surface area contributed by atoms with Crippen molar-refractivity contribution in [2.75, 3.05) is 14.2 Å². The van der Waals surface area contributed by atoms with Crippen molar-refractivity contribution < 1.29 is 35.9 Å². The second kappa shape index (κ2) is 9.37. The molecule has 2 aliphatic carbocycles. The number of methoxy groups -OCH3 is 2. The molecular formula is C24H24F3N3O5S. The molecule has 0 unspecified atom stereocenters. The van der Waals surface area contributed by atoms with Crippen LogP contribution in [0, 0.1) is 17.2 Å². The Morgan fingerprint density at radius 3 is 2.39 bits per heavy atom. The summed E-state index contributed by atoms with van der Waals surface area (Å²) in [6.07, 6.45) is -3.79. The molecule has 192 valence electrons. The minimum absolute atomic E-state index is 0.140. The van der Waals surface area contributed by atoms with Crippen LogP contribution in [0.4, 0.5) is 13.2 Å². The van der Waals surface area contributed by atoms with E-state index in [1.807, 2.05) is 6.07 Å². The number of halogens is 3. The van der Waals surface area contributed by atoms with Crippen LogP contribution < -0.4 is 10.1 Å². The quantitative estimate of drug-likeness (QED) is 0.590. The normalized spacial score (nSPS) is 23.1. The maximum Gasteiger partial charge on any atom is 0.417 e. The molecule has 1 aromatic heterocycles. The summed E-state index contributed by atoms with van der Waals surface area (Å²) in [5.41, 5.74) is -1.75. The van der Waals surface area contributed by atoms with Crippen LogP contribution in [0.5, 0.6) is 5.88 Å². The molecule has 0 radical (unpaired) electrons. The van der Waals surface area contributed by atoms with Crippen LogP contribution >= 0.6 is 0 Å². The Balaban J connectivity index is 1.65. The second-order valence-corrected chi connectivity index (χ2v) is 11.2. The van der Waals surface area contributed by atoms with Crippen molar-refractivity contribution in [1.29, 1.82) is 5.26 Å². The van der Waals surface area contributed by atoms with E-state index in [-0.39, 0.29) is 24.3 Å². The van der Waals surface area contributed by atoms with Crippen molar-refractivity contribution in [3.63, 3.8) is 0 Å². The fourth-order valence-electron chi connectivity index (χ4n) is 4.49. The van der Waals surface area contributed by atoms with Crippen LogP contribution in [-0.4, -0.2) is 50.4 Å². The van der Waals surface area contributed by atoms with Gasteiger partial charge >= 0.3 is 6.18 Å². The van der Waals surface area contributed by atoms with Crippen molar-refractivity contribution >= 4 is 15.7 Å². The van der Waals surface area contributed by atoms with Gasteiger partial charge in [-0.1, -0.05) is 6.07 Å². The van der Waals surface area contributed by atoms with Gasteiger partial charge in [0.1, 0.15) is 5.54 Å². The third-order valence-corrected chi connectivity index (χ3v) is 8.97. The number of carbonyl (C=O) groups excluding carboxylic acids is 1. The number of ether oxygens (including phenoxy) is 2. The van der Waals surface area contributed by atoms with Crippen LogP contribution in [-0.2, 0) is 25.5 Å². The lowest BCUT2D eigenvalue weighted by molar-refractivity contribution is -0.139. The Morgan fingerprint density at radius 2 is 1.86 bits per heavy atom. The van der Waals surface area contributed by atoms with E-state index in [0.717, 1.165) is 12.1 Å². The molecule has 1 aromatic carbocycles. The number of aromatic nitrogens is 1. The van der Waals surface area contributed by atoms with Crippen molar-refractivity contribution in [3.05, 3.63) is 42.1 Å². The lowest BCUT2D eigenvalue weighted by Gasteiger charge is -2.19. The largest absolute Gasteiger partial charge is 0.481 e. The fourth-order valence-corrected chi connectivity index (χ4v) is 6.49. The van der Waals surface area contributed by atoms with Gasteiger partial charge in [0, 0.05) is 24.9 Å². The van der Waals surface area contributed by atoms with Crippen LogP contribution in [0.3, 0.4) is 0 Å². The SMILES string of the molecule is COc1ccc(-c2ccc(S(=O)(=O)[C@@H]3C[C@H](OC)[C@@H](C(=O)NC4(C#N)CC4)C3)c(C(F)(F)F)c2)cn1. The van der Waals surface area contributed by atoms with Gasteiger partial charge < -0.3 is 14.8 Å². The van der Waals surface area contributed by atoms with E-state index in [1.54, 1.807) is 0 Å². The lowest BCUT2D eigenvalue weighted by atomic mass is 10.0. The highest BCUT2D eigenvalue weighted by molar-refractivity contribution is 7.92. The molecule has 0 bridgehead atoms. The smallest absolute Gasteiger partial charge is 0.417 e. The zero-order valence-electron chi connectivity index (χ0n) is 19.5. The monoisotopic (exact) mass is 523 g/mol. The standard InChI is InChI=1S/C24H24F3N3O5S/c1-34-19-11-16(10-17(19)22(31)30-23(13-28)7-8-23)36(32,33)20-5-3-14(9-18(20)24(25,26)27)15-4-6-21(35-2)29-12-15/h3-6,9,12,16-17,19H,7-8,10-11H2,1-2H3,(H,30,31)/t16-,17-,19-/m0/s1. The number of nitrogens with zero attached hydrogens (tertiary/aromatic N) is 2. The van der Waals surface area contributed by atoms with Gasteiger partial charge in [0.15, 0.2) is 9.84 Å². The zero-order valence-corrected chi connectivity index (χ0v) is 20.3. The Labute approximate surface area is 206 Å². The highest BCUT2D eigenvalue weighted by atomic mass is 32.2. The van der Waals surface area contributed by atoms with Gasteiger partial charge in [-0.2, -0.15) is 18.4 Å². The van der Waals surface area contributed by atoms with Crippen molar-refractivity contribution in [3.8, 4) is 23.1 Å². The number of benzene rings is 1. The molecule has 0 spiro atoms. The van der Waals surface area contributed by atoms with Gasteiger partial charge in [0.2, 0.25) is 11.8 Å². The highest BCUT2D eigenvalue weighted by Crippen LogP contribution is 2.43. The summed E-state index contributed by atoms with van der Waals surface area (Å²) in [6.45, 7) is 0. The van der Waals surface area contributed by atoms with E-state index in [4.69, 9.17) is 9.47 Å². The van der Waals surface area contributed by atoms with E-state index in [2.05, 4.69) is 10.3 Å². The first-order valence-electron chi connectivity index (χ1n) is 11.2. The van der Waals surface area contributed by atoms with Gasteiger partial charge in [0.05, 0.1) is 40.9 Å². The average molecular weight is 524 g/mol. The Kier molecular flexibility index (Phi) is 6.74. The first-order chi connectivity index (χ1) is 16.9. The van der Waals surface area contributed by atoms with Crippen LogP contribution in [0.1, 0.15) is 31.2 Å². The molecule has 4 rings (SSSR count). The number of hydrogen-bond acceptors (Lipinski definition) is 7. The van der Waals surface area contributed by atoms with Gasteiger partial charge in [0.25, 0.3) is 0 Å². The maximum atomic E-state index is 14.0. The molecule has 8 nitrogen and oxygen atoms in total. The van der Waals surface area contributed by atoms with E-state index in [9.17, 15) is 31.6 Å². The van der Waals surface area contributed by atoms with Crippen molar-refractivity contribution in [1.82, 2.24) is 10.3 Å². The molecule has 2 aromatic rings. The van der Waals surface area contributed by atoms with Crippen LogP contribution in [0.25, 0.3) is 11.1 Å². The Hall–Kier alpha value is -3.17. The molecule has 2 fully saturated rings. The van der Waals surface area contributed by atoms with E-state index in [0.29, 0.717) is 18.4 Å². The van der Waals surface area contributed by atoms with Crippen molar-refractivity contribution in [2.45, 2.75) is 53.6 Å². The molecule has 3 atom stereocenters. The molecule has 0 saturated heterocycles. The first-order valence-corrected chi connectivity index (χ1v) is 12.7. The highest BCUT2D eigenvalue weighted by Gasteiger charge is 2.51. The molecule has 1 heterocycles. The predicted molar refractivity (Wildman–Crippen MR) is 121 cm³/mol. The van der Waals surface area contributed by atoms with Crippen LogP contribution in [0.2, 0.25) is 0 Å². The summed E-state index contributed by atoms with van der Waals surface area (Å²) in [7, 11) is -1.77. The number of alkyl halides is 3. The topological polar surface area (TPSA) is 118 Å². The number of nitrogens with one attached hydrogen (secondary N) is 1. The average Bonchev–Trinajstić information content (AvgIpc) is 3.48. The molecular weight excluding hydrogens is 499 g/mol. The summed E-state index contributed by atoms with van der Waals surface area (Å²) >= 11 is 0. The summed E-state index contributed by atoms with van der Waals surface area (Å²) < 4.78 is 79.3. The number of sulfone groups is 1. The lowest BCUT2D eigenvalue weighted by Crippen LogP contribution is -2.42. The third kappa shape index (κ3) is 4.90. The van der Waals surface area contributed by atoms with E-state index < -0.39 is 55.2 Å². The second-order valence-electron chi connectivity index (χ2n) is 9.00. The summed E-state index contributed by atoms with van der Waals surface area (Å²) in [6, 6.07) is 8.06. The fraction of sp³-hybridized carbons (Fsp3) is 0.458. The molecule has 12 heteroatoms. The first kappa shape index (κ1) is 25.9. The number of rotatable bonds is 7. The molecule has 2 saturated carbocycles. The number of hydrogen-bond donors (Lipinski definition) is 1.